The lowest BCUT2D eigenvalue weighted by molar-refractivity contribution is 0.103. The first kappa shape index (κ1) is 13.5. The van der Waals surface area contributed by atoms with E-state index in [1.165, 1.54) is 0 Å². The second-order valence-corrected chi connectivity index (χ2v) is 5.62. The Morgan fingerprint density at radius 1 is 1.00 bits per heavy atom. The van der Waals surface area contributed by atoms with Gasteiger partial charge in [-0.2, -0.15) is 0 Å². The molecule has 1 saturated carbocycles. The maximum Gasteiger partial charge on any atom is 0.193 e. The number of rotatable bonds is 4. The third-order valence-electron chi connectivity index (χ3n) is 3.11. The number of benzene rings is 2. The minimum atomic E-state index is -0.0928. The number of ketones is 1. The van der Waals surface area contributed by atoms with Crippen molar-refractivity contribution in [1.82, 2.24) is 0 Å². The molecule has 1 fully saturated rings. The first-order chi connectivity index (χ1) is 9.63. The number of ether oxygens (including phenoxy) is 1. The molecule has 0 aliphatic heterocycles. The summed E-state index contributed by atoms with van der Waals surface area (Å²) in [5.41, 5.74) is 1.10. The normalized spacial score (nSPS) is 14.1. The van der Waals surface area contributed by atoms with Crippen LogP contribution in [0.5, 0.6) is 5.75 Å². The van der Waals surface area contributed by atoms with Gasteiger partial charge in [0, 0.05) is 11.1 Å². The van der Waals surface area contributed by atoms with Crippen LogP contribution in [0, 0.1) is 0 Å². The molecule has 2 aromatic carbocycles. The maximum atomic E-state index is 12.4. The van der Waals surface area contributed by atoms with Gasteiger partial charge in [0.05, 0.1) is 16.1 Å². The van der Waals surface area contributed by atoms with Crippen LogP contribution in [0.4, 0.5) is 0 Å². The van der Waals surface area contributed by atoms with E-state index in [0.717, 1.165) is 18.6 Å². The lowest BCUT2D eigenvalue weighted by atomic mass is 10.0. The summed E-state index contributed by atoms with van der Waals surface area (Å²) < 4.78 is 5.70. The fourth-order valence-electron chi connectivity index (χ4n) is 1.89. The van der Waals surface area contributed by atoms with E-state index in [9.17, 15) is 4.79 Å². The summed E-state index contributed by atoms with van der Waals surface area (Å²) in [5.74, 6) is 0.642. The third kappa shape index (κ3) is 2.97. The molecule has 0 saturated heterocycles. The molecular weight excluding hydrogens is 295 g/mol. The highest BCUT2D eigenvalue weighted by molar-refractivity contribution is 6.42. The first-order valence-corrected chi connectivity index (χ1v) is 7.15. The van der Waals surface area contributed by atoms with Crippen molar-refractivity contribution in [2.45, 2.75) is 18.9 Å². The van der Waals surface area contributed by atoms with Crippen LogP contribution in [0.1, 0.15) is 28.8 Å². The van der Waals surface area contributed by atoms with E-state index >= 15 is 0 Å². The molecule has 0 radical (unpaired) electrons. The zero-order valence-electron chi connectivity index (χ0n) is 10.6. The summed E-state index contributed by atoms with van der Waals surface area (Å²) in [7, 11) is 0. The molecule has 1 aliphatic rings. The Hall–Kier alpha value is -1.51. The van der Waals surface area contributed by atoms with Gasteiger partial charge in [0.2, 0.25) is 0 Å². The van der Waals surface area contributed by atoms with Crippen LogP contribution in [0.15, 0.2) is 42.5 Å². The Balaban J connectivity index is 1.86. The molecule has 102 valence electrons. The fourth-order valence-corrected chi connectivity index (χ4v) is 2.19. The summed E-state index contributed by atoms with van der Waals surface area (Å²) in [6.07, 6.45) is 2.49. The van der Waals surface area contributed by atoms with Gasteiger partial charge in [-0.25, -0.2) is 0 Å². The number of hydrogen-bond donors (Lipinski definition) is 0. The number of hydrogen-bond acceptors (Lipinski definition) is 2. The van der Waals surface area contributed by atoms with E-state index in [-0.39, 0.29) is 5.78 Å². The van der Waals surface area contributed by atoms with E-state index < -0.39 is 0 Å². The quantitative estimate of drug-likeness (QED) is 0.761. The van der Waals surface area contributed by atoms with Crippen molar-refractivity contribution in [3.63, 3.8) is 0 Å². The van der Waals surface area contributed by atoms with Crippen LogP contribution < -0.4 is 4.74 Å². The van der Waals surface area contributed by atoms with Crippen LogP contribution in [-0.2, 0) is 0 Å². The molecule has 4 heteroatoms. The number of halogens is 2. The molecule has 1 aliphatic carbocycles. The molecule has 20 heavy (non-hydrogen) atoms. The van der Waals surface area contributed by atoms with Gasteiger partial charge in [-0.3, -0.25) is 4.79 Å². The summed E-state index contributed by atoms with van der Waals surface area (Å²) in [4.78, 5) is 12.4. The zero-order chi connectivity index (χ0) is 14.1. The van der Waals surface area contributed by atoms with Gasteiger partial charge >= 0.3 is 0 Å². The minimum Gasteiger partial charge on any atom is -0.490 e. The van der Waals surface area contributed by atoms with Gasteiger partial charge < -0.3 is 4.74 Å². The molecule has 0 heterocycles. The molecule has 2 nitrogen and oxygen atoms in total. The highest BCUT2D eigenvalue weighted by Crippen LogP contribution is 2.28. The zero-order valence-corrected chi connectivity index (χ0v) is 12.1. The molecule has 3 rings (SSSR count). The van der Waals surface area contributed by atoms with Crippen LogP contribution in [0.25, 0.3) is 0 Å². The molecule has 0 amide bonds. The summed E-state index contributed by atoms with van der Waals surface area (Å²) in [6.45, 7) is 0. The standard InChI is InChI=1S/C16H12Cl2O2/c17-14-7-4-11(9-15(14)18)16(19)10-2-1-3-13(8-10)20-12-5-6-12/h1-4,7-9,12H,5-6H2. The van der Waals surface area contributed by atoms with Gasteiger partial charge in [0.1, 0.15) is 5.75 Å². The smallest absolute Gasteiger partial charge is 0.193 e. The molecule has 0 aromatic heterocycles. The van der Waals surface area contributed by atoms with E-state index in [4.69, 9.17) is 27.9 Å². The topological polar surface area (TPSA) is 26.3 Å². The van der Waals surface area contributed by atoms with Gasteiger partial charge in [0.25, 0.3) is 0 Å². The lowest BCUT2D eigenvalue weighted by Gasteiger charge is -2.07. The fraction of sp³-hybridized carbons (Fsp3) is 0.188. The Morgan fingerprint density at radius 2 is 1.75 bits per heavy atom. The van der Waals surface area contributed by atoms with E-state index in [0.29, 0.717) is 27.3 Å². The average molecular weight is 307 g/mol. The molecular formula is C16H12Cl2O2. The van der Waals surface area contributed by atoms with Crippen molar-refractivity contribution in [2.75, 3.05) is 0 Å². The van der Waals surface area contributed by atoms with Gasteiger partial charge in [-0.1, -0.05) is 35.3 Å². The third-order valence-corrected chi connectivity index (χ3v) is 3.84. The largest absolute Gasteiger partial charge is 0.490 e. The van der Waals surface area contributed by atoms with E-state index in [2.05, 4.69) is 0 Å². The van der Waals surface area contributed by atoms with Crippen molar-refractivity contribution in [1.29, 1.82) is 0 Å². The van der Waals surface area contributed by atoms with E-state index in [1.54, 1.807) is 30.3 Å². The summed E-state index contributed by atoms with van der Waals surface area (Å²) in [6, 6.07) is 12.1. The van der Waals surface area contributed by atoms with Crippen LogP contribution in [-0.4, -0.2) is 11.9 Å². The number of carbonyl (C=O) groups excluding carboxylic acids is 1. The molecule has 2 aromatic rings. The van der Waals surface area contributed by atoms with Crippen molar-refractivity contribution in [2.24, 2.45) is 0 Å². The van der Waals surface area contributed by atoms with Crippen LogP contribution >= 0.6 is 23.2 Å². The highest BCUT2D eigenvalue weighted by Gasteiger charge is 2.23. The SMILES string of the molecule is O=C(c1cccc(OC2CC2)c1)c1ccc(Cl)c(Cl)c1. The maximum absolute atomic E-state index is 12.4. The van der Waals surface area contributed by atoms with Gasteiger partial charge in [-0.15, -0.1) is 0 Å². The van der Waals surface area contributed by atoms with Crippen LogP contribution in [0.3, 0.4) is 0 Å². The minimum absolute atomic E-state index is 0.0928. The Kier molecular flexibility index (Phi) is 3.68. The predicted molar refractivity (Wildman–Crippen MR) is 80.0 cm³/mol. The highest BCUT2D eigenvalue weighted by atomic mass is 35.5. The molecule has 0 bridgehead atoms. The Morgan fingerprint density at radius 3 is 2.45 bits per heavy atom. The number of carbonyl (C=O) groups is 1. The summed E-state index contributed by atoms with van der Waals surface area (Å²) >= 11 is 11.8. The van der Waals surface area contributed by atoms with Crippen molar-refractivity contribution < 1.29 is 9.53 Å². The summed E-state index contributed by atoms with van der Waals surface area (Å²) in [5, 5.41) is 0.817. The van der Waals surface area contributed by atoms with Crippen molar-refractivity contribution >= 4 is 29.0 Å². The van der Waals surface area contributed by atoms with Gasteiger partial charge in [-0.05, 0) is 43.2 Å². The molecule has 0 atom stereocenters. The molecule has 0 unspecified atom stereocenters. The lowest BCUT2D eigenvalue weighted by Crippen LogP contribution is -2.03. The second-order valence-electron chi connectivity index (χ2n) is 4.80. The van der Waals surface area contributed by atoms with Gasteiger partial charge in [0.15, 0.2) is 5.78 Å². The monoisotopic (exact) mass is 306 g/mol. The van der Waals surface area contributed by atoms with E-state index in [1.807, 2.05) is 12.1 Å². The molecule has 0 spiro atoms. The molecule has 0 N–H and O–H groups in total. The Bertz CT molecular complexity index is 663. The van der Waals surface area contributed by atoms with Crippen molar-refractivity contribution in [3.05, 3.63) is 63.6 Å². The van der Waals surface area contributed by atoms with Crippen LogP contribution in [0.2, 0.25) is 10.0 Å². The second kappa shape index (κ2) is 5.47. The Labute approximate surface area is 127 Å². The van der Waals surface area contributed by atoms with Crippen molar-refractivity contribution in [3.8, 4) is 5.75 Å². The average Bonchev–Trinajstić information content (AvgIpc) is 3.25. The first-order valence-electron chi connectivity index (χ1n) is 6.40. The predicted octanol–water partition coefficient (Wildman–Crippen LogP) is 4.77.